The van der Waals surface area contributed by atoms with Crippen molar-refractivity contribution >= 4 is 0 Å². The van der Waals surface area contributed by atoms with E-state index in [1.807, 2.05) is 0 Å². The van der Waals surface area contributed by atoms with Crippen molar-refractivity contribution in [3.05, 3.63) is 35.4 Å². The van der Waals surface area contributed by atoms with Gasteiger partial charge in [0.2, 0.25) is 0 Å². The van der Waals surface area contributed by atoms with Crippen LogP contribution in [0, 0.1) is 0 Å². The minimum atomic E-state index is -0.110. The van der Waals surface area contributed by atoms with Gasteiger partial charge in [0.1, 0.15) is 0 Å². The summed E-state index contributed by atoms with van der Waals surface area (Å²) in [5.74, 6) is 0. The Balaban J connectivity index is 2.40. The summed E-state index contributed by atoms with van der Waals surface area (Å²) >= 11 is 0. The Kier molecular flexibility index (Phi) is 7.94. The minimum Gasteiger partial charge on any atom is -0.379 e. The highest BCUT2D eigenvalue weighted by atomic mass is 16.5. The van der Waals surface area contributed by atoms with Crippen molar-refractivity contribution in [2.45, 2.75) is 58.8 Å². The van der Waals surface area contributed by atoms with Crippen LogP contribution in [0.1, 0.15) is 45.2 Å². The molecule has 0 saturated heterocycles. The van der Waals surface area contributed by atoms with E-state index in [9.17, 15) is 0 Å². The van der Waals surface area contributed by atoms with Gasteiger partial charge in [-0.05, 0) is 44.4 Å². The summed E-state index contributed by atoms with van der Waals surface area (Å²) in [5, 5.41) is 3.46. The second kappa shape index (κ2) is 9.19. The van der Waals surface area contributed by atoms with Crippen molar-refractivity contribution in [2.24, 2.45) is 0 Å². The third-order valence-corrected chi connectivity index (χ3v) is 3.72. The first-order valence-corrected chi connectivity index (χ1v) is 7.87. The van der Waals surface area contributed by atoms with E-state index in [2.05, 4.69) is 57.3 Å². The molecule has 0 heterocycles. The molecule has 0 aliphatic rings. The molecule has 0 radical (unpaired) electrons. The highest BCUT2D eigenvalue weighted by molar-refractivity contribution is 5.26. The normalized spacial score (nSPS) is 12.1. The van der Waals surface area contributed by atoms with E-state index in [0.29, 0.717) is 12.6 Å². The van der Waals surface area contributed by atoms with Crippen LogP contribution in [-0.2, 0) is 22.5 Å². The molecule has 3 nitrogen and oxygen atoms in total. The third-order valence-electron chi connectivity index (χ3n) is 3.72. The summed E-state index contributed by atoms with van der Waals surface area (Å²) in [6.07, 6.45) is 1.95. The summed E-state index contributed by atoms with van der Waals surface area (Å²) < 4.78 is 11.2. The second-order valence-electron chi connectivity index (χ2n) is 6.39. The van der Waals surface area contributed by atoms with Gasteiger partial charge >= 0.3 is 0 Å². The first-order valence-electron chi connectivity index (χ1n) is 7.87. The number of methoxy groups -OCH3 is 1. The van der Waals surface area contributed by atoms with Gasteiger partial charge in [-0.25, -0.2) is 0 Å². The molecule has 0 aliphatic carbocycles. The summed E-state index contributed by atoms with van der Waals surface area (Å²) in [5.41, 5.74) is 2.55. The quantitative estimate of drug-likeness (QED) is 0.669. The number of nitrogens with one attached hydrogen (secondary N) is 1. The molecule has 0 atom stereocenters. The van der Waals surface area contributed by atoms with Crippen molar-refractivity contribution in [3.8, 4) is 0 Å². The highest BCUT2D eigenvalue weighted by Crippen LogP contribution is 2.15. The van der Waals surface area contributed by atoms with E-state index in [-0.39, 0.29) is 5.60 Å². The summed E-state index contributed by atoms with van der Waals surface area (Å²) in [7, 11) is 1.75. The molecule has 0 aromatic heterocycles. The van der Waals surface area contributed by atoms with E-state index in [1.54, 1.807) is 7.11 Å². The fourth-order valence-corrected chi connectivity index (χ4v) is 2.04. The van der Waals surface area contributed by atoms with Crippen molar-refractivity contribution < 1.29 is 9.47 Å². The SMILES string of the molecule is COC(C)(C)CCOCc1ccccc1CCNC(C)C. The van der Waals surface area contributed by atoms with Crippen LogP contribution in [0.5, 0.6) is 0 Å². The van der Waals surface area contributed by atoms with Crippen LogP contribution >= 0.6 is 0 Å². The van der Waals surface area contributed by atoms with Crippen molar-refractivity contribution in [3.63, 3.8) is 0 Å². The van der Waals surface area contributed by atoms with E-state index in [0.717, 1.165) is 26.0 Å². The summed E-state index contributed by atoms with van der Waals surface area (Å²) in [6, 6.07) is 9.07. The van der Waals surface area contributed by atoms with Crippen LogP contribution in [0.25, 0.3) is 0 Å². The second-order valence-corrected chi connectivity index (χ2v) is 6.39. The van der Waals surface area contributed by atoms with E-state index < -0.39 is 0 Å². The molecular formula is C18H31NO2. The molecule has 3 heteroatoms. The van der Waals surface area contributed by atoms with Crippen LogP contribution in [0.4, 0.5) is 0 Å². The predicted octanol–water partition coefficient (Wildman–Crippen LogP) is 3.56. The van der Waals surface area contributed by atoms with E-state index in [4.69, 9.17) is 9.47 Å². The fraction of sp³-hybridized carbons (Fsp3) is 0.667. The third kappa shape index (κ3) is 7.60. The molecule has 0 aliphatic heterocycles. The maximum atomic E-state index is 5.83. The van der Waals surface area contributed by atoms with Crippen molar-refractivity contribution in [1.82, 2.24) is 5.32 Å². The Morgan fingerprint density at radius 2 is 1.81 bits per heavy atom. The summed E-state index contributed by atoms with van der Waals surface area (Å²) in [6.45, 7) is 10.9. The molecule has 1 N–H and O–H groups in total. The number of hydrogen-bond donors (Lipinski definition) is 1. The lowest BCUT2D eigenvalue weighted by atomic mass is 10.0. The van der Waals surface area contributed by atoms with Gasteiger partial charge in [-0.3, -0.25) is 0 Å². The average Bonchev–Trinajstić information content (AvgIpc) is 2.44. The van der Waals surface area contributed by atoms with Gasteiger partial charge in [0, 0.05) is 19.8 Å². The Morgan fingerprint density at radius 1 is 1.14 bits per heavy atom. The van der Waals surface area contributed by atoms with Crippen LogP contribution in [0.2, 0.25) is 0 Å². The standard InChI is InChI=1S/C18H31NO2/c1-15(2)19-12-10-16-8-6-7-9-17(16)14-21-13-11-18(3,4)20-5/h6-9,15,19H,10-14H2,1-5H3. The number of ether oxygens (including phenoxy) is 2. The Hall–Kier alpha value is -0.900. The molecule has 120 valence electrons. The maximum absolute atomic E-state index is 5.83. The van der Waals surface area contributed by atoms with Gasteiger partial charge < -0.3 is 14.8 Å². The number of rotatable bonds is 10. The predicted molar refractivity (Wildman–Crippen MR) is 88.6 cm³/mol. The van der Waals surface area contributed by atoms with E-state index >= 15 is 0 Å². The zero-order valence-electron chi connectivity index (χ0n) is 14.2. The zero-order valence-corrected chi connectivity index (χ0v) is 14.2. The molecule has 1 aromatic carbocycles. The first kappa shape index (κ1) is 18.1. The van der Waals surface area contributed by atoms with Gasteiger partial charge in [-0.2, -0.15) is 0 Å². The van der Waals surface area contributed by atoms with Gasteiger partial charge in [0.15, 0.2) is 0 Å². The van der Waals surface area contributed by atoms with Crippen molar-refractivity contribution in [1.29, 1.82) is 0 Å². The molecule has 1 rings (SSSR count). The molecule has 0 bridgehead atoms. The lowest BCUT2D eigenvalue weighted by Crippen LogP contribution is -2.25. The summed E-state index contributed by atoms with van der Waals surface area (Å²) in [4.78, 5) is 0. The van der Waals surface area contributed by atoms with Crippen LogP contribution < -0.4 is 5.32 Å². The molecule has 0 fully saturated rings. The van der Waals surface area contributed by atoms with Gasteiger partial charge in [-0.15, -0.1) is 0 Å². The molecule has 0 amide bonds. The molecule has 1 aromatic rings. The topological polar surface area (TPSA) is 30.5 Å². The Labute approximate surface area is 130 Å². The highest BCUT2D eigenvalue weighted by Gasteiger charge is 2.15. The average molecular weight is 293 g/mol. The fourth-order valence-electron chi connectivity index (χ4n) is 2.04. The van der Waals surface area contributed by atoms with Crippen LogP contribution in [0.3, 0.4) is 0 Å². The molecule has 0 saturated carbocycles. The number of benzene rings is 1. The van der Waals surface area contributed by atoms with Gasteiger partial charge in [-0.1, -0.05) is 38.1 Å². The van der Waals surface area contributed by atoms with Crippen molar-refractivity contribution in [2.75, 3.05) is 20.3 Å². The molecule has 21 heavy (non-hydrogen) atoms. The zero-order chi connectivity index (χ0) is 15.7. The molecular weight excluding hydrogens is 262 g/mol. The lowest BCUT2D eigenvalue weighted by Gasteiger charge is -2.22. The minimum absolute atomic E-state index is 0.110. The Bertz CT molecular complexity index is 402. The first-order chi connectivity index (χ1) is 9.94. The van der Waals surface area contributed by atoms with Crippen LogP contribution in [0.15, 0.2) is 24.3 Å². The lowest BCUT2D eigenvalue weighted by molar-refractivity contribution is -0.0125. The molecule has 0 unspecified atom stereocenters. The maximum Gasteiger partial charge on any atom is 0.0719 e. The van der Waals surface area contributed by atoms with Crippen LogP contribution in [-0.4, -0.2) is 31.9 Å². The van der Waals surface area contributed by atoms with E-state index in [1.165, 1.54) is 11.1 Å². The monoisotopic (exact) mass is 293 g/mol. The van der Waals surface area contributed by atoms with Gasteiger partial charge in [0.25, 0.3) is 0 Å². The number of hydrogen-bond acceptors (Lipinski definition) is 3. The largest absolute Gasteiger partial charge is 0.379 e. The molecule has 0 spiro atoms. The van der Waals surface area contributed by atoms with Gasteiger partial charge in [0.05, 0.1) is 12.2 Å². The Morgan fingerprint density at radius 3 is 2.43 bits per heavy atom. The smallest absolute Gasteiger partial charge is 0.0719 e.